The van der Waals surface area contributed by atoms with Crippen LogP contribution in [-0.4, -0.2) is 65.2 Å². The molecule has 0 amide bonds. The van der Waals surface area contributed by atoms with Gasteiger partial charge in [0.05, 0.1) is 18.3 Å². The van der Waals surface area contributed by atoms with E-state index < -0.39 is 17.1 Å². The van der Waals surface area contributed by atoms with Gasteiger partial charge in [-0.15, -0.1) is 0 Å². The van der Waals surface area contributed by atoms with Crippen molar-refractivity contribution in [2.24, 2.45) is 29.1 Å². The van der Waals surface area contributed by atoms with Crippen molar-refractivity contribution in [2.75, 3.05) is 26.8 Å². The molecule has 5 N–H and O–H groups in total. The summed E-state index contributed by atoms with van der Waals surface area (Å²) < 4.78 is 0. The Hall–Kier alpha value is -2.09. The Morgan fingerprint density at radius 1 is 1.11 bits per heavy atom. The van der Waals surface area contributed by atoms with Gasteiger partial charge in [0.15, 0.2) is 0 Å². The van der Waals surface area contributed by atoms with Crippen LogP contribution < -0.4 is 5.32 Å². The lowest BCUT2D eigenvalue weighted by Crippen LogP contribution is -2.65. The highest BCUT2D eigenvalue weighted by Crippen LogP contribution is 2.67. The molecule has 0 heterocycles. The van der Waals surface area contributed by atoms with E-state index in [4.69, 9.17) is 0 Å². The number of aliphatic hydroxyl groups is 4. The van der Waals surface area contributed by atoms with Crippen molar-refractivity contribution >= 4 is 6.29 Å². The maximum atomic E-state index is 12.7. The zero-order valence-electron chi connectivity index (χ0n) is 28.2. The van der Waals surface area contributed by atoms with Gasteiger partial charge >= 0.3 is 0 Å². The highest BCUT2D eigenvalue weighted by atomic mass is 16.3. The predicted octanol–water partition coefficient (Wildman–Crippen LogP) is 6.29. The largest absolute Gasteiger partial charge is 0.396 e. The van der Waals surface area contributed by atoms with E-state index in [2.05, 4.69) is 49.5 Å². The lowest BCUT2D eigenvalue weighted by molar-refractivity contribution is -0.194. The SMILES string of the molecule is CNCC[C@@]1(O)C[C@@H]2C=C[C@@H](CCO)[C@@H](C2=C(C)C=O)[C@@]12CC[C@@H](/C(=C\C=C\C(CCC=C(C)C)=C1CCCCC1)CO)[C@H]2O. The van der Waals surface area contributed by atoms with Crippen LogP contribution in [0.3, 0.4) is 0 Å². The number of nitrogens with one attached hydrogen (secondary N) is 1. The number of carbonyl (C=O) groups excluding carboxylic acids is 1. The zero-order chi connectivity index (χ0) is 32.6. The Labute approximate surface area is 271 Å². The number of hydrogen-bond donors (Lipinski definition) is 5. The molecule has 3 saturated carbocycles. The third-order valence-electron chi connectivity index (χ3n) is 11.5. The average molecular weight is 622 g/mol. The van der Waals surface area contributed by atoms with Gasteiger partial charge in [0.2, 0.25) is 0 Å². The predicted molar refractivity (Wildman–Crippen MR) is 182 cm³/mol. The molecule has 4 rings (SSSR count). The average Bonchev–Trinajstić information content (AvgIpc) is 3.38. The van der Waals surface area contributed by atoms with Crippen LogP contribution in [0.1, 0.15) is 97.8 Å². The van der Waals surface area contributed by atoms with E-state index in [1.807, 2.05) is 20.0 Å². The summed E-state index contributed by atoms with van der Waals surface area (Å²) in [5.41, 5.74) is 4.65. The Morgan fingerprint density at radius 2 is 1.87 bits per heavy atom. The number of fused-ring (bicyclic) bond motifs is 3. The Balaban J connectivity index is 1.73. The van der Waals surface area contributed by atoms with Crippen molar-refractivity contribution < 1.29 is 25.2 Å². The van der Waals surface area contributed by atoms with Crippen LogP contribution in [0.4, 0.5) is 0 Å². The molecule has 0 aromatic carbocycles. The van der Waals surface area contributed by atoms with Gasteiger partial charge in [-0.25, -0.2) is 0 Å². The fourth-order valence-corrected chi connectivity index (χ4v) is 9.39. The highest BCUT2D eigenvalue weighted by Gasteiger charge is 2.68. The van der Waals surface area contributed by atoms with E-state index >= 15 is 0 Å². The third-order valence-corrected chi connectivity index (χ3v) is 11.5. The van der Waals surface area contributed by atoms with E-state index in [1.54, 1.807) is 5.57 Å². The maximum Gasteiger partial charge on any atom is 0.145 e. The zero-order valence-corrected chi connectivity index (χ0v) is 28.2. The van der Waals surface area contributed by atoms with E-state index in [9.17, 15) is 25.2 Å². The molecular formula is C39H59NO5. The van der Waals surface area contributed by atoms with Crippen LogP contribution >= 0.6 is 0 Å². The molecule has 0 aromatic heterocycles. The summed E-state index contributed by atoms with van der Waals surface area (Å²) in [5, 5.41) is 49.1. The standard InChI is InChI=1S/C39H59NO5/c1-27(2)10-8-13-30(29-11-6-5-7-12-29)14-9-15-33(26-43)34-18-20-39(37(34)44)36-31(19-23-41)16-17-32(35(36)28(3)25-42)24-38(39,45)21-22-40-4/h9-10,14-17,25,31-32,34,36-37,40-41,43-45H,5-8,11-13,18-24,26H2,1-4H3/b14-9+,33-15-,35-28?/t31-,32-,34-,36-,37+,38+,39+/m0/s1. The van der Waals surface area contributed by atoms with Crippen LogP contribution in [0, 0.1) is 29.1 Å². The third kappa shape index (κ3) is 7.41. The van der Waals surface area contributed by atoms with Crippen LogP contribution in [0.2, 0.25) is 0 Å². The Morgan fingerprint density at radius 3 is 2.51 bits per heavy atom. The van der Waals surface area contributed by atoms with Gasteiger partial charge in [0.1, 0.15) is 6.29 Å². The fraction of sp³-hybridized carbons (Fsp3) is 0.667. The molecule has 7 atom stereocenters. The Bertz CT molecular complexity index is 1210. The molecule has 0 aromatic rings. The molecule has 0 saturated heterocycles. The van der Waals surface area contributed by atoms with E-state index in [0.29, 0.717) is 44.2 Å². The lowest BCUT2D eigenvalue weighted by atomic mass is 9.45. The van der Waals surface area contributed by atoms with E-state index in [-0.39, 0.29) is 36.9 Å². The van der Waals surface area contributed by atoms with Gasteiger partial charge in [0, 0.05) is 23.9 Å². The molecule has 6 heteroatoms. The van der Waals surface area contributed by atoms with E-state index in [1.165, 1.54) is 30.4 Å². The van der Waals surface area contributed by atoms with Crippen molar-refractivity contribution in [2.45, 2.75) is 110 Å². The van der Waals surface area contributed by atoms with Gasteiger partial charge in [-0.1, -0.05) is 59.6 Å². The summed E-state index contributed by atoms with van der Waals surface area (Å²) in [7, 11) is 1.87. The number of aldehydes is 1. The first kappa shape index (κ1) is 35.8. The normalized spacial score (nSPS) is 34.4. The van der Waals surface area contributed by atoms with E-state index in [0.717, 1.165) is 43.1 Å². The first-order chi connectivity index (χ1) is 21.7. The summed E-state index contributed by atoms with van der Waals surface area (Å²) in [4.78, 5) is 12.2. The molecule has 4 aliphatic rings. The molecule has 0 radical (unpaired) electrons. The molecule has 0 aliphatic heterocycles. The summed E-state index contributed by atoms with van der Waals surface area (Å²) in [6.07, 6.45) is 23.6. The van der Waals surface area contributed by atoms with Gasteiger partial charge in [-0.3, -0.25) is 4.79 Å². The lowest BCUT2D eigenvalue weighted by Gasteiger charge is -2.61. The van der Waals surface area contributed by atoms with Gasteiger partial charge in [0.25, 0.3) is 0 Å². The molecular weight excluding hydrogens is 562 g/mol. The topological polar surface area (TPSA) is 110 Å². The highest BCUT2D eigenvalue weighted by molar-refractivity contribution is 5.74. The van der Waals surface area contributed by atoms with Crippen LogP contribution in [0.5, 0.6) is 0 Å². The first-order valence-corrected chi connectivity index (χ1v) is 17.5. The molecule has 4 aliphatic carbocycles. The quantitative estimate of drug-likeness (QED) is 0.0716. The molecule has 0 unspecified atom stereocenters. The van der Waals surface area contributed by atoms with Gasteiger partial charge in [-0.05, 0) is 134 Å². The summed E-state index contributed by atoms with van der Waals surface area (Å²) in [6.45, 7) is 6.56. The Kier molecular flexibility index (Phi) is 12.8. The first-order valence-electron chi connectivity index (χ1n) is 17.5. The van der Waals surface area contributed by atoms with Crippen LogP contribution in [0.25, 0.3) is 0 Å². The van der Waals surface area contributed by atoms with Crippen molar-refractivity contribution in [3.8, 4) is 0 Å². The number of allylic oxidation sites excluding steroid dienone is 11. The molecule has 1 spiro atoms. The molecule has 250 valence electrons. The molecule has 45 heavy (non-hydrogen) atoms. The van der Waals surface area contributed by atoms with Crippen molar-refractivity contribution in [1.29, 1.82) is 0 Å². The number of carbonyl (C=O) groups is 1. The second kappa shape index (κ2) is 16.1. The van der Waals surface area contributed by atoms with Crippen LogP contribution in [0.15, 0.2) is 69.9 Å². The number of hydrogen-bond acceptors (Lipinski definition) is 6. The minimum atomic E-state index is -1.18. The molecule has 6 nitrogen and oxygen atoms in total. The number of aliphatic hydroxyl groups excluding tert-OH is 3. The minimum Gasteiger partial charge on any atom is -0.396 e. The summed E-state index contributed by atoms with van der Waals surface area (Å²) in [6, 6.07) is 0. The van der Waals surface area contributed by atoms with Crippen LogP contribution in [-0.2, 0) is 4.79 Å². The van der Waals surface area contributed by atoms with Crippen molar-refractivity contribution in [1.82, 2.24) is 5.32 Å². The van der Waals surface area contributed by atoms with Gasteiger partial charge < -0.3 is 25.7 Å². The second-order valence-corrected chi connectivity index (χ2v) is 14.4. The van der Waals surface area contributed by atoms with Crippen molar-refractivity contribution in [3.63, 3.8) is 0 Å². The second-order valence-electron chi connectivity index (χ2n) is 14.4. The monoisotopic (exact) mass is 621 g/mol. The van der Waals surface area contributed by atoms with Crippen molar-refractivity contribution in [3.05, 3.63) is 69.9 Å². The van der Waals surface area contributed by atoms with Gasteiger partial charge in [-0.2, -0.15) is 0 Å². The molecule has 2 bridgehead atoms. The molecule has 3 fully saturated rings. The summed E-state index contributed by atoms with van der Waals surface area (Å²) in [5.74, 6) is -0.763. The minimum absolute atomic E-state index is 0.00776. The smallest absolute Gasteiger partial charge is 0.145 e. The number of rotatable bonds is 13. The fourth-order valence-electron chi connectivity index (χ4n) is 9.39. The maximum absolute atomic E-state index is 12.7. The summed E-state index contributed by atoms with van der Waals surface area (Å²) >= 11 is 0.